The predicted octanol–water partition coefficient (Wildman–Crippen LogP) is 4.79. The summed E-state index contributed by atoms with van der Waals surface area (Å²) in [5.41, 5.74) is 1.35. The molecule has 1 unspecified atom stereocenters. The largest absolute Gasteiger partial charge is 0.299 e. The van der Waals surface area contributed by atoms with Crippen LogP contribution in [-0.2, 0) is 11.2 Å². The van der Waals surface area contributed by atoms with Crippen molar-refractivity contribution in [3.8, 4) is 0 Å². The lowest BCUT2D eigenvalue weighted by molar-refractivity contribution is -0.123. The SMILES string of the molecule is CCCCCC(CCc1ccccc1)C(=O)CC. The molecule has 0 saturated heterocycles. The van der Waals surface area contributed by atoms with Crippen molar-refractivity contribution in [3.05, 3.63) is 35.9 Å². The molecule has 0 aromatic heterocycles. The van der Waals surface area contributed by atoms with Gasteiger partial charge in [0.1, 0.15) is 5.78 Å². The lowest BCUT2D eigenvalue weighted by Crippen LogP contribution is -2.14. The van der Waals surface area contributed by atoms with E-state index in [4.69, 9.17) is 0 Å². The van der Waals surface area contributed by atoms with Crippen molar-refractivity contribution in [1.82, 2.24) is 0 Å². The van der Waals surface area contributed by atoms with Gasteiger partial charge in [-0.2, -0.15) is 0 Å². The fourth-order valence-corrected chi connectivity index (χ4v) is 2.38. The normalized spacial score (nSPS) is 12.3. The number of aryl methyl sites for hydroxylation is 1. The third kappa shape index (κ3) is 5.48. The Bertz CT molecular complexity index is 329. The Labute approximate surface area is 112 Å². The number of hydrogen-bond acceptors (Lipinski definition) is 1. The molecule has 0 N–H and O–H groups in total. The molecule has 1 atom stereocenters. The van der Waals surface area contributed by atoms with Crippen LogP contribution in [0.25, 0.3) is 0 Å². The molecule has 1 heteroatoms. The molecule has 100 valence electrons. The summed E-state index contributed by atoms with van der Waals surface area (Å²) in [5, 5.41) is 0. The first-order valence-electron chi connectivity index (χ1n) is 7.34. The second-order valence-corrected chi connectivity index (χ2v) is 5.04. The molecule has 0 radical (unpaired) electrons. The van der Waals surface area contributed by atoms with Gasteiger partial charge in [0.15, 0.2) is 0 Å². The van der Waals surface area contributed by atoms with E-state index in [0.29, 0.717) is 12.2 Å². The van der Waals surface area contributed by atoms with Crippen LogP contribution in [0, 0.1) is 5.92 Å². The van der Waals surface area contributed by atoms with E-state index in [-0.39, 0.29) is 5.92 Å². The van der Waals surface area contributed by atoms with Crippen LogP contribution in [0.5, 0.6) is 0 Å². The Morgan fingerprint density at radius 2 is 1.78 bits per heavy atom. The Hall–Kier alpha value is -1.11. The van der Waals surface area contributed by atoms with Crippen molar-refractivity contribution in [1.29, 1.82) is 0 Å². The Balaban J connectivity index is 2.43. The number of benzene rings is 1. The Morgan fingerprint density at radius 1 is 1.06 bits per heavy atom. The molecule has 0 amide bonds. The lowest BCUT2D eigenvalue weighted by Gasteiger charge is -2.14. The van der Waals surface area contributed by atoms with Gasteiger partial charge < -0.3 is 0 Å². The Morgan fingerprint density at radius 3 is 2.39 bits per heavy atom. The van der Waals surface area contributed by atoms with E-state index in [9.17, 15) is 4.79 Å². The standard InChI is InChI=1S/C17H26O/c1-3-5-7-12-16(17(18)4-2)14-13-15-10-8-6-9-11-15/h6,8-11,16H,3-5,7,12-14H2,1-2H3. The third-order valence-electron chi connectivity index (χ3n) is 3.58. The smallest absolute Gasteiger partial charge is 0.135 e. The second-order valence-electron chi connectivity index (χ2n) is 5.04. The summed E-state index contributed by atoms with van der Waals surface area (Å²) >= 11 is 0. The fraction of sp³-hybridized carbons (Fsp3) is 0.588. The molecule has 1 rings (SSSR count). The van der Waals surface area contributed by atoms with Gasteiger partial charge in [-0.25, -0.2) is 0 Å². The maximum atomic E-state index is 11.9. The summed E-state index contributed by atoms with van der Waals surface area (Å²) in [4.78, 5) is 11.9. The summed E-state index contributed by atoms with van der Waals surface area (Å²) in [6.45, 7) is 4.19. The third-order valence-corrected chi connectivity index (χ3v) is 3.58. The van der Waals surface area contributed by atoms with E-state index >= 15 is 0 Å². The van der Waals surface area contributed by atoms with Crippen LogP contribution < -0.4 is 0 Å². The molecule has 0 bridgehead atoms. The number of rotatable bonds is 9. The maximum absolute atomic E-state index is 11.9. The number of carbonyl (C=O) groups excluding carboxylic acids is 1. The van der Waals surface area contributed by atoms with Crippen LogP contribution in [0.2, 0.25) is 0 Å². The number of ketones is 1. The topological polar surface area (TPSA) is 17.1 Å². The maximum Gasteiger partial charge on any atom is 0.135 e. The van der Waals surface area contributed by atoms with E-state index in [2.05, 4.69) is 31.2 Å². The molecule has 0 heterocycles. The van der Waals surface area contributed by atoms with Gasteiger partial charge in [-0.1, -0.05) is 63.4 Å². The Kier molecular flexibility index (Phi) is 7.40. The summed E-state index contributed by atoms with van der Waals surface area (Å²) in [6, 6.07) is 10.5. The highest BCUT2D eigenvalue weighted by molar-refractivity contribution is 5.80. The van der Waals surface area contributed by atoms with Gasteiger partial charge in [0.2, 0.25) is 0 Å². The summed E-state index contributed by atoms with van der Waals surface area (Å²) in [6.07, 6.45) is 7.48. The van der Waals surface area contributed by atoms with Gasteiger partial charge in [-0.15, -0.1) is 0 Å². The molecule has 0 aliphatic rings. The zero-order chi connectivity index (χ0) is 13.2. The van der Waals surface area contributed by atoms with Crippen molar-refractivity contribution < 1.29 is 4.79 Å². The molecular weight excluding hydrogens is 220 g/mol. The predicted molar refractivity (Wildman–Crippen MR) is 77.7 cm³/mol. The van der Waals surface area contributed by atoms with Gasteiger partial charge in [0.05, 0.1) is 0 Å². The number of hydrogen-bond donors (Lipinski definition) is 0. The minimum atomic E-state index is 0.279. The van der Waals surface area contributed by atoms with Gasteiger partial charge in [-0.3, -0.25) is 4.79 Å². The van der Waals surface area contributed by atoms with Crippen molar-refractivity contribution >= 4 is 5.78 Å². The van der Waals surface area contributed by atoms with Crippen LogP contribution in [-0.4, -0.2) is 5.78 Å². The monoisotopic (exact) mass is 246 g/mol. The first-order chi connectivity index (χ1) is 8.77. The number of carbonyl (C=O) groups is 1. The molecule has 18 heavy (non-hydrogen) atoms. The van der Waals surface area contributed by atoms with Crippen LogP contribution >= 0.6 is 0 Å². The number of unbranched alkanes of at least 4 members (excludes halogenated alkanes) is 2. The minimum Gasteiger partial charge on any atom is -0.299 e. The number of Topliss-reactive ketones (excluding diaryl/α,β-unsaturated/α-hetero) is 1. The van der Waals surface area contributed by atoms with E-state index in [1.165, 1.54) is 24.8 Å². The molecule has 1 aromatic carbocycles. The van der Waals surface area contributed by atoms with Gasteiger partial charge in [0, 0.05) is 12.3 Å². The molecule has 0 aliphatic carbocycles. The van der Waals surface area contributed by atoms with Crippen LogP contribution in [0.1, 0.15) is 57.9 Å². The first-order valence-corrected chi connectivity index (χ1v) is 7.34. The van der Waals surface area contributed by atoms with E-state index in [1.54, 1.807) is 0 Å². The van der Waals surface area contributed by atoms with Crippen molar-refractivity contribution in [3.63, 3.8) is 0 Å². The molecule has 0 fully saturated rings. The lowest BCUT2D eigenvalue weighted by atomic mass is 9.89. The highest BCUT2D eigenvalue weighted by Crippen LogP contribution is 2.19. The molecule has 0 spiro atoms. The summed E-state index contributed by atoms with van der Waals surface area (Å²) in [7, 11) is 0. The van der Waals surface area contributed by atoms with Crippen molar-refractivity contribution in [2.24, 2.45) is 5.92 Å². The van der Waals surface area contributed by atoms with Crippen LogP contribution in [0.4, 0.5) is 0 Å². The summed E-state index contributed by atoms with van der Waals surface area (Å²) < 4.78 is 0. The van der Waals surface area contributed by atoms with Gasteiger partial charge >= 0.3 is 0 Å². The van der Waals surface area contributed by atoms with E-state index in [1.807, 2.05) is 13.0 Å². The molecule has 1 nitrogen and oxygen atoms in total. The zero-order valence-corrected chi connectivity index (χ0v) is 11.8. The van der Waals surface area contributed by atoms with Gasteiger partial charge in [0.25, 0.3) is 0 Å². The highest BCUT2D eigenvalue weighted by atomic mass is 16.1. The average Bonchev–Trinajstić information content (AvgIpc) is 2.43. The summed E-state index contributed by atoms with van der Waals surface area (Å²) in [5.74, 6) is 0.726. The first kappa shape index (κ1) is 14.9. The molecule has 1 aromatic rings. The zero-order valence-electron chi connectivity index (χ0n) is 11.8. The van der Waals surface area contributed by atoms with Crippen molar-refractivity contribution in [2.45, 2.75) is 58.8 Å². The van der Waals surface area contributed by atoms with Gasteiger partial charge in [-0.05, 0) is 24.8 Å². The van der Waals surface area contributed by atoms with Crippen LogP contribution in [0.15, 0.2) is 30.3 Å². The quantitative estimate of drug-likeness (QED) is 0.572. The highest BCUT2D eigenvalue weighted by Gasteiger charge is 2.15. The second kappa shape index (κ2) is 8.91. The van der Waals surface area contributed by atoms with Crippen LogP contribution in [0.3, 0.4) is 0 Å². The fourth-order valence-electron chi connectivity index (χ4n) is 2.38. The molecule has 0 saturated carbocycles. The van der Waals surface area contributed by atoms with E-state index in [0.717, 1.165) is 19.3 Å². The molecule has 0 aliphatic heterocycles. The molecular formula is C17H26O. The average molecular weight is 246 g/mol. The van der Waals surface area contributed by atoms with Crippen molar-refractivity contribution in [2.75, 3.05) is 0 Å². The van der Waals surface area contributed by atoms with E-state index < -0.39 is 0 Å². The minimum absolute atomic E-state index is 0.279.